The van der Waals surface area contributed by atoms with Crippen molar-refractivity contribution in [1.29, 1.82) is 0 Å². The number of carbonyl (C=O) groups is 1. The van der Waals surface area contributed by atoms with Crippen LogP contribution in [0.2, 0.25) is 0 Å². The van der Waals surface area contributed by atoms with Gasteiger partial charge < -0.3 is 5.11 Å². The molecule has 0 spiro atoms. The molecule has 0 amide bonds. The Hall–Kier alpha value is -1.40. The van der Waals surface area contributed by atoms with Crippen LogP contribution in [0.5, 0.6) is 0 Å². The summed E-state index contributed by atoms with van der Waals surface area (Å²) < 4.78 is 27.1. The highest BCUT2D eigenvalue weighted by molar-refractivity contribution is 7.89. The Balaban J connectivity index is 2.28. The zero-order valence-corrected chi connectivity index (χ0v) is 12.4. The normalized spacial score (nSPS) is 21.7. The number of sulfonamides is 1. The van der Waals surface area contributed by atoms with Gasteiger partial charge in [0.15, 0.2) is 0 Å². The predicted octanol–water partition coefficient (Wildman–Crippen LogP) is 2.02. The molecule has 2 N–H and O–H groups in total. The average molecular weight is 297 g/mol. The molecule has 110 valence electrons. The van der Waals surface area contributed by atoms with E-state index < -0.39 is 16.0 Å². The second-order valence-electron chi connectivity index (χ2n) is 5.11. The predicted molar refractivity (Wildman–Crippen MR) is 75.3 cm³/mol. The van der Waals surface area contributed by atoms with Gasteiger partial charge in [0.2, 0.25) is 10.0 Å². The van der Waals surface area contributed by atoms with Crippen LogP contribution < -0.4 is 4.72 Å². The quantitative estimate of drug-likeness (QED) is 0.841. The summed E-state index contributed by atoms with van der Waals surface area (Å²) >= 11 is 0. The Morgan fingerprint density at radius 3 is 2.60 bits per heavy atom. The summed E-state index contributed by atoms with van der Waals surface area (Å²) in [5.74, 6) is -0.699. The number of aromatic carboxylic acids is 1. The Morgan fingerprint density at radius 1 is 1.40 bits per heavy atom. The molecule has 6 heteroatoms. The molecule has 0 aromatic heterocycles. The van der Waals surface area contributed by atoms with Gasteiger partial charge in [0.25, 0.3) is 0 Å². The Labute approximate surface area is 119 Å². The van der Waals surface area contributed by atoms with E-state index in [1.54, 1.807) is 6.07 Å². The van der Waals surface area contributed by atoms with Crippen molar-refractivity contribution in [3.05, 3.63) is 29.3 Å². The first kappa shape index (κ1) is 15.0. The highest BCUT2D eigenvalue weighted by Gasteiger charge is 2.38. The molecule has 0 saturated heterocycles. The summed E-state index contributed by atoms with van der Waals surface area (Å²) in [7, 11) is -3.63. The summed E-state index contributed by atoms with van der Waals surface area (Å²) in [5.41, 5.74) is 0.688. The van der Waals surface area contributed by atoms with Crippen LogP contribution in [0.25, 0.3) is 0 Å². The first-order valence-electron chi connectivity index (χ1n) is 6.77. The van der Waals surface area contributed by atoms with Crippen LogP contribution in [-0.4, -0.2) is 25.5 Å². The largest absolute Gasteiger partial charge is 0.478 e. The van der Waals surface area contributed by atoms with Gasteiger partial charge in [-0.05, 0) is 36.5 Å². The van der Waals surface area contributed by atoms with Crippen LogP contribution in [0, 0.1) is 5.92 Å². The summed E-state index contributed by atoms with van der Waals surface area (Å²) in [6.07, 6.45) is 2.35. The zero-order valence-electron chi connectivity index (χ0n) is 11.6. The van der Waals surface area contributed by atoms with E-state index in [4.69, 9.17) is 5.11 Å². The van der Waals surface area contributed by atoms with Gasteiger partial charge in [-0.3, -0.25) is 0 Å². The standard InChI is InChI=1S/C14H19NO4S/c1-3-9-5-6-11(8-12(9)14(16)17)20(18,19)15-13-7-10(13)4-2/h5-6,8,10,13,15H,3-4,7H2,1-2H3,(H,16,17). The van der Waals surface area contributed by atoms with Gasteiger partial charge in [0.05, 0.1) is 10.5 Å². The second kappa shape index (κ2) is 5.54. The minimum Gasteiger partial charge on any atom is -0.478 e. The Kier molecular flexibility index (Phi) is 4.15. The lowest BCUT2D eigenvalue weighted by Crippen LogP contribution is -2.27. The van der Waals surface area contributed by atoms with Crippen LogP contribution in [-0.2, 0) is 16.4 Å². The maximum atomic E-state index is 12.2. The van der Waals surface area contributed by atoms with E-state index in [1.807, 2.05) is 13.8 Å². The van der Waals surface area contributed by atoms with Crippen LogP contribution in [0.15, 0.2) is 23.1 Å². The molecule has 2 unspecified atom stereocenters. The summed E-state index contributed by atoms with van der Waals surface area (Å²) in [4.78, 5) is 11.2. The van der Waals surface area contributed by atoms with E-state index in [9.17, 15) is 13.2 Å². The third-order valence-electron chi connectivity index (χ3n) is 3.76. The van der Waals surface area contributed by atoms with Gasteiger partial charge in [0.1, 0.15) is 0 Å². The summed E-state index contributed by atoms with van der Waals surface area (Å²) in [6.45, 7) is 3.86. The number of hydrogen-bond acceptors (Lipinski definition) is 3. The molecule has 1 aromatic carbocycles. The molecular weight excluding hydrogens is 278 g/mol. The second-order valence-corrected chi connectivity index (χ2v) is 6.82. The molecule has 0 heterocycles. The minimum absolute atomic E-state index is 0.0101. The molecule has 0 radical (unpaired) electrons. The zero-order chi connectivity index (χ0) is 14.9. The molecule has 1 aliphatic rings. The van der Waals surface area contributed by atoms with Crippen LogP contribution in [0.3, 0.4) is 0 Å². The van der Waals surface area contributed by atoms with Crippen molar-refractivity contribution < 1.29 is 18.3 Å². The fraction of sp³-hybridized carbons (Fsp3) is 0.500. The monoisotopic (exact) mass is 297 g/mol. The van der Waals surface area contributed by atoms with Crippen LogP contribution in [0.1, 0.15) is 42.6 Å². The smallest absolute Gasteiger partial charge is 0.336 e. The molecule has 0 aliphatic heterocycles. The number of aryl methyl sites for hydroxylation is 1. The molecule has 2 atom stereocenters. The van der Waals surface area contributed by atoms with Crippen molar-refractivity contribution in [3.63, 3.8) is 0 Å². The molecule has 20 heavy (non-hydrogen) atoms. The van der Waals surface area contributed by atoms with Gasteiger partial charge in [-0.2, -0.15) is 0 Å². The van der Waals surface area contributed by atoms with E-state index in [0.29, 0.717) is 17.9 Å². The van der Waals surface area contributed by atoms with Crippen molar-refractivity contribution in [3.8, 4) is 0 Å². The molecule has 1 aliphatic carbocycles. The topological polar surface area (TPSA) is 83.5 Å². The van der Waals surface area contributed by atoms with Crippen molar-refractivity contribution in [2.45, 2.75) is 44.0 Å². The van der Waals surface area contributed by atoms with Crippen LogP contribution in [0.4, 0.5) is 0 Å². The van der Waals surface area contributed by atoms with Gasteiger partial charge in [-0.15, -0.1) is 0 Å². The fourth-order valence-electron chi connectivity index (χ4n) is 2.34. The molecule has 1 aromatic rings. The van der Waals surface area contributed by atoms with Gasteiger partial charge in [0, 0.05) is 6.04 Å². The summed E-state index contributed by atoms with van der Waals surface area (Å²) in [6, 6.07) is 4.27. The molecule has 1 saturated carbocycles. The molecule has 2 rings (SSSR count). The summed E-state index contributed by atoms with van der Waals surface area (Å²) in [5, 5.41) is 9.15. The van der Waals surface area contributed by atoms with Gasteiger partial charge in [-0.1, -0.05) is 26.3 Å². The minimum atomic E-state index is -3.63. The van der Waals surface area contributed by atoms with Crippen molar-refractivity contribution >= 4 is 16.0 Å². The van der Waals surface area contributed by atoms with Crippen LogP contribution >= 0.6 is 0 Å². The van der Waals surface area contributed by atoms with Crippen molar-refractivity contribution in [2.24, 2.45) is 5.92 Å². The number of nitrogens with one attached hydrogen (secondary N) is 1. The number of carboxylic acid groups (broad SMARTS) is 1. The maximum Gasteiger partial charge on any atom is 0.336 e. The number of hydrogen-bond donors (Lipinski definition) is 2. The fourth-order valence-corrected chi connectivity index (χ4v) is 3.68. The lowest BCUT2D eigenvalue weighted by Gasteiger charge is -2.09. The maximum absolute atomic E-state index is 12.2. The highest BCUT2D eigenvalue weighted by Crippen LogP contribution is 2.34. The Morgan fingerprint density at radius 2 is 2.10 bits per heavy atom. The molecule has 1 fully saturated rings. The third kappa shape index (κ3) is 3.02. The van der Waals surface area contributed by atoms with Gasteiger partial charge in [-0.25, -0.2) is 17.9 Å². The number of benzene rings is 1. The van der Waals surface area contributed by atoms with Crippen molar-refractivity contribution in [1.82, 2.24) is 4.72 Å². The van der Waals surface area contributed by atoms with Gasteiger partial charge >= 0.3 is 5.97 Å². The SMILES string of the molecule is CCc1ccc(S(=O)(=O)NC2CC2CC)cc1C(=O)O. The van der Waals surface area contributed by atoms with E-state index in [2.05, 4.69) is 4.72 Å². The van der Waals surface area contributed by atoms with E-state index >= 15 is 0 Å². The number of rotatable bonds is 6. The van der Waals surface area contributed by atoms with E-state index in [0.717, 1.165) is 12.8 Å². The Bertz CT molecular complexity index is 624. The lowest BCUT2D eigenvalue weighted by atomic mass is 10.1. The lowest BCUT2D eigenvalue weighted by molar-refractivity contribution is 0.0695. The average Bonchev–Trinajstić information content (AvgIpc) is 3.15. The molecular formula is C14H19NO4S. The highest BCUT2D eigenvalue weighted by atomic mass is 32.2. The van der Waals surface area contributed by atoms with Crippen molar-refractivity contribution in [2.75, 3.05) is 0 Å². The van der Waals surface area contributed by atoms with E-state index in [1.165, 1.54) is 12.1 Å². The molecule has 0 bridgehead atoms. The first-order valence-corrected chi connectivity index (χ1v) is 8.26. The third-order valence-corrected chi connectivity index (χ3v) is 5.24. The van der Waals surface area contributed by atoms with E-state index in [-0.39, 0.29) is 16.5 Å². The number of carboxylic acids is 1. The first-order chi connectivity index (χ1) is 9.39. The molecule has 5 nitrogen and oxygen atoms in total.